The van der Waals surface area contributed by atoms with Gasteiger partial charge in [0.2, 0.25) is 0 Å². The van der Waals surface area contributed by atoms with Gasteiger partial charge in [0.25, 0.3) is 0 Å². The summed E-state index contributed by atoms with van der Waals surface area (Å²) in [6, 6.07) is 1.51. The molecule has 3 unspecified atom stereocenters. The number of nitrogens with zero attached hydrogens (tertiary/aromatic N) is 1. The Morgan fingerprint density at radius 3 is 2.59 bits per heavy atom. The van der Waals surface area contributed by atoms with Crippen LogP contribution in [0.2, 0.25) is 0 Å². The summed E-state index contributed by atoms with van der Waals surface area (Å²) in [7, 11) is 0. The van der Waals surface area contributed by atoms with E-state index < -0.39 is 0 Å². The summed E-state index contributed by atoms with van der Waals surface area (Å²) in [5, 5.41) is 3.84. The molecule has 2 rings (SSSR count). The van der Waals surface area contributed by atoms with Crippen LogP contribution in [0, 0.1) is 5.92 Å². The fourth-order valence-electron chi connectivity index (χ4n) is 3.50. The van der Waals surface area contributed by atoms with Gasteiger partial charge in [0.15, 0.2) is 0 Å². The Morgan fingerprint density at radius 1 is 1.35 bits per heavy atom. The minimum atomic E-state index is 0.396. The fourth-order valence-corrected chi connectivity index (χ4v) is 3.50. The van der Waals surface area contributed by atoms with Crippen molar-refractivity contribution in [3.8, 4) is 0 Å². The second-order valence-electron chi connectivity index (χ2n) is 6.44. The Bertz CT molecular complexity index is 249. The van der Waals surface area contributed by atoms with E-state index in [0.717, 1.165) is 18.0 Å². The van der Waals surface area contributed by atoms with Crippen molar-refractivity contribution in [2.45, 2.75) is 77.4 Å². The molecule has 0 bridgehead atoms. The van der Waals surface area contributed by atoms with Crippen LogP contribution in [0.15, 0.2) is 0 Å². The molecule has 1 N–H and O–H groups in total. The molecule has 1 saturated carbocycles. The van der Waals surface area contributed by atoms with Gasteiger partial charge in [-0.05, 0) is 45.4 Å². The van der Waals surface area contributed by atoms with Gasteiger partial charge in [-0.15, -0.1) is 0 Å². The molecule has 0 amide bonds. The molecule has 0 aromatic rings. The molecule has 0 aromatic carbocycles. The van der Waals surface area contributed by atoms with Crippen LogP contribution in [0.5, 0.6) is 0 Å². The van der Waals surface area contributed by atoms with Crippen LogP contribution in [-0.4, -0.2) is 35.6 Å². The third-order valence-corrected chi connectivity index (χ3v) is 4.94. The first-order valence-electron chi connectivity index (χ1n) is 7.61. The lowest BCUT2D eigenvalue weighted by atomic mass is 9.89. The van der Waals surface area contributed by atoms with Crippen LogP contribution < -0.4 is 5.32 Å². The van der Waals surface area contributed by atoms with Crippen LogP contribution in [-0.2, 0) is 0 Å². The van der Waals surface area contributed by atoms with E-state index in [2.05, 4.69) is 37.9 Å². The maximum absolute atomic E-state index is 3.84. The van der Waals surface area contributed by atoms with Crippen molar-refractivity contribution in [1.82, 2.24) is 10.2 Å². The lowest BCUT2D eigenvalue weighted by Crippen LogP contribution is -2.65. The molecule has 2 heteroatoms. The summed E-state index contributed by atoms with van der Waals surface area (Å²) >= 11 is 0. The molecule has 2 fully saturated rings. The van der Waals surface area contributed by atoms with Crippen molar-refractivity contribution in [2.24, 2.45) is 5.92 Å². The SMILES string of the molecule is CCCC(C)N1CC(C)(C2CC2)NCC1CC. The van der Waals surface area contributed by atoms with E-state index in [9.17, 15) is 0 Å². The molecule has 0 radical (unpaired) electrons. The summed E-state index contributed by atoms with van der Waals surface area (Å²) in [6.07, 6.45) is 6.81. The van der Waals surface area contributed by atoms with Crippen LogP contribution in [0.25, 0.3) is 0 Å². The standard InChI is InChI=1S/C15H30N2/c1-5-7-12(3)17-11-15(4,13-8-9-13)16-10-14(17)6-2/h12-14,16H,5-11H2,1-4H3. The van der Waals surface area contributed by atoms with Crippen LogP contribution >= 0.6 is 0 Å². The summed E-state index contributed by atoms with van der Waals surface area (Å²) in [4.78, 5) is 2.79. The molecule has 1 saturated heterocycles. The van der Waals surface area contributed by atoms with Gasteiger partial charge in [-0.1, -0.05) is 20.3 Å². The zero-order valence-corrected chi connectivity index (χ0v) is 12.1. The zero-order chi connectivity index (χ0) is 12.5. The molecule has 3 atom stereocenters. The van der Waals surface area contributed by atoms with Gasteiger partial charge in [-0.3, -0.25) is 4.90 Å². The molecule has 1 aliphatic carbocycles. The zero-order valence-electron chi connectivity index (χ0n) is 12.1. The number of hydrogen-bond donors (Lipinski definition) is 1. The highest BCUT2D eigenvalue weighted by molar-refractivity contribution is 5.04. The first-order chi connectivity index (χ1) is 8.10. The monoisotopic (exact) mass is 238 g/mol. The molecule has 0 aromatic heterocycles. The van der Waals surface area contributed by atoms with Crippen molar-refractivity contribution in [2.75, 3.05) is 13.1 Å². The van der Waals surface area contributed by atoms with Crippen molar-refractivity contribution in [3.05, 3.63) is 0 Å². The maximum atomic E-state index is 3.84. The van der Waals surface area contributed by atoms with Gasteiger partial charge in [0, 0.05) is 30.7 Å². The highest BCUT2D eigenvalue weighted by atomic mass is 15.3. The molecule has 1 heterocycles. The summed E-state index contributed by atoms with van der Waals surface area (Å²) in [6.45, 7) is 12.0. The van der Waals surface area contributed by atoms with Gasteiger partial charge in [-0.25, -0.2) is 0 Å². The minimum absolute atomic E-state index is 0.396. The van der Waals surface area contributed by atoms with E-state index in [1.54, 1.807) is 0 Å². The molecule has 2 aliphatic rings. The quantitative estimate of drug-likeness (QED) is 0.792. The lowest BCUT2D eigenvalue weighted by molar-refractivity contribution is 0.0393. The number of hydrogen-bond acceptors (Lipinski definition) is 2. The van der Waals surface area contributed by atoms with Gasteiger partial charge in [0.05, 0.1) is 0 Å². The van der Waals surface area contributed by atoms with Gasteiger partial charge >= 0.3 is 0 Å². The first-order valence-corrected chi connectivity index (χ1v) is 7.61. The Labute approximate surface area is 107 Å². The Morgan fingerprint density at radius 2 is 2.06 bits per heavy atom. The Balaban J connectivity index is 2.02. The first kappa shape index (κ1) is 13.4. The summed E-state index contributed by atoms with van der Waals surface area (Å²) in [5.74, 6) is 0.941. The van der Waals surface area contributed by atoms with E-state index >= 15 is 0 Å². The molecule has 0 spiro atoms. The summed E-state index contributed by atoms with van der Waals surface area (Å²) in [5.41, 5.74) is 0.396. The van der Waals surface area contributed by atoms with Crippen LogP contribution in [0.3, 0.4) is 0 Å². The van der Waals surface area contributed by atoms with E-state index in [4.69, 9.17) is 0 Å². The van der Waals surface area contributed by atoms with Gasteiger partial charge in [-0.2, -0.15) is 0 Å². The normalized spacial score (nSPS) is 37.1. The second kappa shape index (κ2) is 5.27. The molecule has 2 nitrogen and oxygen atoms in total. The average Bonchev–Trinajstić information content (AvgIpc) is 3.13. The van der Waals surface area contributed by atoms with Crippen molar-refractivity contribution < 1.29 is 0 Å². The summed E-state index contributed by atoms with van der Waals surface area (Å²) < 4.78 is 0. The lowest BCUT2D eigenvalue weighted by Gasteiger charge is -2.49. The predicted octanol–water partition coefficient (Wildman–Crippen LogP) is 3.03. The highest BCUT2D eigenvalue weighted by Crippen LogP contribution is 2.42. The average molecular weight is 238 g/mol. The minimum Gasteiger partial charge on any atom is -0.308 e. The number of rotatable bonds is 5. The molecule has 1 aliphatic heterocycles. The van der Waals surface area contributed by atoms with E-state index in [0.29, 0.717) is 5.54 Å². The Kier molecular flexibility index (Phi) is 4.14. The fraction of sp³-hybridized carbons (Fsp3) is 1.00. The van der Waals surface area contributed by atoms with Crippen molar-refractivity contribution >= 4 is 0 Å². The van der Waals surface area contributed by atoms with Gasteiger partial charge in [0.1, 0.15) is 0 Å². The third-order valence-electron chi connectivity index (χ3n) is 4.94. The van der Waals surface area contributed by atoms with E-state index in [1.165, 1.54) is 45.2 Å². The highest BCUT2D eigenvalue weighted by Gasteiger charge is 2.46. The van der Waals surface area contributed by atoms with Crippen molar-refractivity contribution in [1.29, 1.82) is 0 Å². The van der Waals surface area contributed by atoms with Crippen LogP contribution in [0.4, 0.5) is 0 Å². The molecule has 17 heavy (non-hydrogen) atoms. The van der Waals surface area contributed by atoms with Gasteiger partial charge < -0.3 is 5.32 Å². The smallest absolute Gasteiger partial charge is 0.0309 e. The van der Waals surface area contributed by atoms with Crippen molar-refractivity contribution in [3.63, 3.8) is 0 Å². The third kappa shape index (κ3) is 2.85. The van der Waals surface area contributed by atoms with E-state index in [1.807, 2.05) is 0 Å². The second-order valence-corrected chi connectivity index (χ2v) is 6.44. The predicted molar refractivity (Wildman–Crippen MR) is 74.3 cm³/mol. The van der Waals surface area contributed by atoms with E-state index in [-0.39, 0.29) is 0 Å². The molecular weight excluding hydrogens is 208 g/mol. The number of nitrogens with one attached hydrogen (secondary N) is 1. The van der Waals surface area contributed by atoms with Crippen LogP contribution in [0.1, 0.15) is 59.8 Å². The number of piperazine rings is 1. The maximum Gasteiger partial charge on any atom is 0.0309 e. The topological polar surface area (TPSA) is 15.3 Å². The molecule has 100 valence electrons. The molecular formula is C15H30N2. The Hall–Kier alpha value is -0.0800. The largest absolute Gasteiger partial charge is 0.308 e.